The number of carbonyl (C=O) groups is 1. The molecule has 8 nitrogen and oxygen atoms in total. The van der Waals surface area contributed by atoms with Crippen LogP contribution in [-0.4, -0.2) is 70.3 Å². The number of anilines is 1. The molecule has 0 radical (unpaired) electrons. The van der Waals surface area contributed by atoms with E-state index in [1.54, 1.807) is 26.3 Å². The Hall–Kier alpha value is -3.17. The maximum atomic E-state index is 13.3. The summed E-state index contributed by atoms with van der Waals surface area (Å²) in [5, 5.41) is 8.97. The molecule has 1 heterocycles. The number of methoxy groups -OCH3 is 1. The summed E-state index contributed by atoms with van der Waals surface area (Å²) in [6.07, 6.45) is 0. The number of morpholine rings is 1. The van der Waals surface area contributed by atoms with Crippen molar-refractivity contribution in [3.05, 3.63) is 59.9 Å². The zero-order chi connectivity index (χ0) is 22.8. The number of amides is 1. The minimum atomic E-state index is -0.402. The summed E-state index contributed by atoms with van der Waals surface area (Å²) in [5.41, 5.74) is 1.56. The van der Waals surface area contributed by atoms with E-state index in [1.807, 2.05) is 12.1 Å². The van der Waals surface area contributed by atoms with E-state index in [1.165, 1.54) is 12.1 Å². The van der Waals surface area contributed by atoms with Crippen molar-refractivity contribution in [2.45, 2.75) is 6.04 Å². The van der Waals surface area contributed by atoms with Crippen LogP contribution in [0.4, 0.5) is 10.1 Å². The molecule has 1 aliphatic rings. The average Bonchev–Trinajstić information content (AvgIpc) is 2.82. The Bertz CT molecular complexity index is 901. The zero-order valence-electron chi connectivity index (χ0n) is 18.4. The summed E-state index contributed by atoms with van der Waals surface area (Å²) in [7, 11) is 3.30. The van der Waals surface area contributed by atoms with Gasteiger partial charge in [0, 0.05) is 32.4 Å². The van der Waals surface area contributed by atoms with Crippen molar-refractivity contribution in [2.75, 3.05) is 58.9 Å². The molecular formula is C23H30FN5O3. The van der Waals surface area contributed by atoms with Gasteiger partial charge in [-0.15, -0.1) is 0 Å². The second-order valence-corrected chi connectivity index (χ2v) is 7.30. The lowest BCUT2D eigenvalue weighted by Crippen LogP contribution is -2.47. The number of nitrogens with zero attached hydrogens (tertiary/aromatic N) is 2. The highest BCUT2D eigenvalue weighted by Crippen LogP contribution is 2.23. The van der Waals surface area contributed by atoms with Crippen molar-refractivity contribution < 1.29 is 18.7 Å². The summed E-state index contributed by atoms with van der Waals surface area (Å²) < 4.78 is 24.1. The third kappa shape index (κ3) is 6.93. The van der Waals surface area contributed by atoms with Gasteiger partial charge in [0.1, 0.15) is 11.6 Å². The predicted molar refractivity (Wildman–Crippen MR) is 123 cm³/mol. The number of halogens is 1. The van der Waals surface area contributed by atoms with Gasteiger partial charge in [-0.2, -0.15) is 0 Å². The van der Waals surface area contributed by atoms with Gasteiger partial charge in [0.05, 0.1) is 32.9 Å². The molecule has 1 aliphatic heterocycles. The SMILES string of the molecule is CN=C(NCC(=O)Nc1cccc(F)c1)NCC(c1ccc(OC)cc1)N1CCOCC1. The van der Waals surface area contributed by atoms with Crippen LogP contribution in [0.5, 0.6) is 5.75 Å². The van der Waals surface area contributed by atoms with Crippen molar-refractivity contribution in [3.8, 4) is 5.75 Å². The lowest BCUT2D eigenvalue weighted by Gasteiger charge is -2.35. The highest BCUT2D eigenvalue weighted by molar-refractivity contribution is 5.94. The quantitative estimate of drug-likeness (QED) is 0.428. The molecule has 2 aromatic rings. The second-order valence-electron chi connectivity index (χ2n) is 7.30. The van der Waals surface area contributed by atoms with Crippen LogP contribution in [-0.2, 0) is 9.53 Å². The van der Waals surface area contributed by atoms with Crippen LogP contribution in [0.3, 0.4) is 0 Å². The fraction of sp³-hybridized carbons (Fsp3) is 0.391. The average molecular weight is 444 g/mol. The number of nitrogens with one attached hydrogen (secondary N) is 3. The van der Waals surface area contributed by atoms with E-state index >= 15 is 0 Å². The minimum absolute atomic E-state index is 0.000936. The number of aliphatic imine (C=N–C) groups is 1. The maximum absolute atomic E-state index is 13.3. The molecule has 0 aliphatic carbocycles. The summed E-state index contributed by atoms with van der Waals surface area (Å²) in [6, 6.07) is 13.9. The van der Waals surface area contributed by atoms with Crippen LogP contribution in [0.25, 0.3) is 0 Å². The van der Waals surface area contributed by atoms with Crippen LogP contribution in [0.2, 0.25) is 0 Å². The largest absolute Gasteiger partial charge is 0.497 e. The lowest BCUT2D eigenvalue weighted by atomic mass is 10.0. The van der Waals surface area contributed by atoms with Gasteiger partial charge in [-0.1, -0.05) is 18.2 Å². The summed E-state index contributed by atoms with van der Waals surface area (Å²) in [5.74, 6) is 0.620. The van der Waals surface area contributed by atoms with E-state index in [2.05, 4.69) is 38.0 Å². The Kier molecular flexibility index (Phi) is 8.82. The Morgan fingerprint density at radius 1 is 1.19 bits per heavy atom. The Morgan fingerprint density at radius 3 is 2.59 bits per heavy atom. The predicted octanol–water partition coefficient (Wildman–Crippen LogP) is 2.01. The number of hydrogen-bond donors (Lipinski definition) is 3. The van der Waals surface area contributed by atoms with E-state index < -0.39 is 5.82 Å². The monoisotopic (exact) mass is 443 g/mol. The molecule has 172 valence electrons. The van der Waals surface area contributed by atoms with Crippen molar-refractivity contribution in [2.24, 2.45) is 4.99 Å². The van der Waals surface area contributed by atoms with Gasteiger partial charge in [-0.3, -0.25) is 14.7 Å². The van der Waals surface area contributed by atoms with Gasteiger partial charge in [-0.25, -0.2) is 4.39 Å². The van der Waals surface area contributed by atoms with Gasteiger partial charge < -0.3 is 25.4 Å². The standard InChI is InChI=1S/C23H30FN5O3/c1-25-23(27-16-22(30)28-19-5-3-4-18(24)14-19)26-15-21(29-10-12-32-13-11-29)17-6-8-20(31-2)9-7-17/h3-9,14,21H,10-13,15-16H2,1-2H3,(H,28,30)(H2,25,26,27). The molecule has 9 heteroatoms. The Morgan fingerprint density at radius 2 is 1.94 bits per heavy atom. The van der Waals surface area contributed by atoms with Gasteiger partial charge in [0.25, 0.3) is 0 Å². The van der Waals surface area contributed by atoms with E-state index in [-0.39, 0.29) is 18.5 Å². The van der Waals surface area contributed by atoms with Gasteiger partial charge >= 0.3 is 0 Å². The first-order valence-electron chi connectivity index (χ1n) is 10.5. The van der Waals surface area contributed by atoms with Crippen LogP contribution in [0.15, 0.2) is 53.5 Å². The highest BCUT2D eigenvalue weighted by Gasteiger charge is 2.23. The molecule has 32 heavy (non-hydrogen) atoms. The molecule has 0 bridgehead atoms. The lowest BCUT2D eigenvalue weighted by molar-refractivity contribution is -0.115. The van der Waals surface area contributed by atoms with E-state index in [0.29, 0.717) is 31.4 Å². The fourth-order valence-corrected chi connectivity index (χ4v) is 3.52. The molecule has 1 amide bonds. The fourth-order valence-electron chi connectivity index (χ4n) is 3.52. The van der Waals surface area contributed by atoms with Crippen LogP contribution in [0.1, 0.15) is 11.6 Å². The molecular weight excluding hydrogens is 413 g/mol. The second kappa shape index (κ2) is 12.0. The molecule has 2 aromatic carbocycles. The van der Waals surface area contributed by atoms with Crippen LogP contribution >= 0.6 is 0 Å². The molecule has 3 N–H and O–H groups in total. The van der Waals surface area contributed by atoms with Crippen molar-refractivity contribution in [1.82, 2.24) is 15.5 Å². The first kappa shape index (κ1) is 23.5. The van der Waals surface area contributed by atoms with E-state index in [4.69, 9.17) is 9.47 Å². The first-order chi connectivity index (χ1) is 15.6. The molecule has 0 aromatic heterocycles. The number of carbonyl (C=O) groups excluding carboxylic acids is 1. The van der Waals surface area contributed by atoms with Gasteiger partial charge in [-0.05, 0) is 35.9 Å². The normalized spacial score (nSPS) is 15.7. The maximum Gasteiger partial charge on any atom is 0.243 e. The van der Waals surface area contributed by atoms with Crippen molar-refractivity contribution in [1.29, 1.82) is 0 Å². The van der Waals surface area contributed by atoms with Gasteiger partial charge in [0.15, 0.2) is 5.96 Å². The third-order valence-corrected chi connectivity index (χ3v) is 5.20. The first-order valence-corrected chi connectivity index (χ1v) is 10.5. The number of rotatable bonds is 8. The summed E-state index contributed by atoms with van der Waals surface area (Å²) >= 11 is 0. The van der Waals surface area contributed by atoms with Crippen molar-refractivity contribution >= 4 is 17.6 Å². The Balaban J connectivity index is 1.57. The molecule has 3 rings (SSSR count). The van der Waals surface area contributed by atoms with E-state index in [9.17, 15) is 9.18 Å². The molecule has 1 fully saturated rings. The molecule has 0 spiro atoms. The summed E-state index contributed by atoms with van der Waals surface area (Å²) in [6.45, 7) is 3.65. The smallest absolute Gasteiger partial charge is 0.243 e. The van der Waals surface area contributed by atoms with Crippen molar-refractivity contribution in [3.63, 3.8) is 0 Å². The number of hydrogen-bond acceptors (Lipinski definition) is 5. The van der Waals surface area contributed by atoms with Crippen LogP contribution in [0, 0.1) is 5.82 Å². The van der Waals surface area contributed by atoms with E-state index in [0.717, 1.165) is 24.4 Å². The number of ether oxygens (including phenoxy) is 2. The topological polar surface area (TPSA) is 87.2 Å². The zero-order valence-corrected chi connectivity index (χ0v) is 18.4. The Labute approximate surface area is 187 Å². The molecule has 0 saturated carbocycles. The molecule has 1 saturated heterocycles. The van der Waals surface area contributed by atoms with Gasteiger partial charge in [0.2, 0.25) is 5.91 Å². The number of guanidine groups is 1. The molecule has 1 unspecified atom stereocenters. The number of benzene rings is 2. The summed E-state index contributed by atoms with van der Waals surface area (Å²) in [4.78, 5) is 18.8. The third-order valence-electron chi connectivity index (χ3n) is 5.20. The molecule has 1 atom stereocenters. The minimum Gasteiger partial charge on any atom is -0.497 e. The van der Waals surface area contributed by atoms with Crippen LogP contribution < -0.4 is 20.7 Å². The highest BCUT2D eigenvalue weighted by atomic mass is 19.1.